The quantitative estimate of drug-likeness (QED) is 0.398. The zero-order valence-corrected chi connectivity index (χ0v) is 21.2. The molecule has 4 rings (SSSR count). The SMILES string of the molecule is CCCOc1c(Cl)cc(C2CCc3cc(OCc4ccnc(CS(C)(=O)=O)n4)ccc32)cc1C#N. The Morgan fingerprint density at radius 3 is 2.77 bits per heavy atom. The Bertz CT molecular complexity index is 1390. The smallest absolute Gasteiger partial charge is 0.155 e. The third-order valence-corrected chi connectivity index (χ3v) is 6.84. The predicted molar refractivity (Wildman–Crippen MR) is 133 cm³/mol. The number of rotatable bonds is 9. The molecule has 35 heavy (non-hydrogen) atoms. The Balaban J connectivity index is 1.49. The average Bonchev–Trinajstić information content (AvgIpc) is 3.24. The fourth-order valence-electron chi connectivity index (χ4n) is 4.26. The summed E-state index contributed by atoms with van der Waals surface area (Å²) in [6, 6.07) is 13.7. The van der Waals surface area contributed by atoms with Crippen LogP contribution in [0.25, 0.3) is 0 Å². The van der Waals surface area contributed by atoms with E-state index in [0.717, 1.165) is 31.1 Å². The first-order valence-electron chi connectivity index (χ1n) is 11.4. The Labute approximate surface area is 210 Å². The fraction of sp³-hybridized carbons (Fsp3) is 0.346. The number of sulfone groups is 1. The molecular weight excluding hydrogens is 486 g/mol. The maximum absolute atomic E-state index is 11.5. The van der Waals surface area contributed by atoms with E-state index in [0.29, 0.717) is 34.4 Å². The molecule has 0 fully saturated rings. The van der Waals surface area contributed by atoms with Crippen molar-refractivity contribution in [3.05, 3.63) is 81.4 Å². The number of aromatic nitrogens is 2. The summed E-state index contributed by atoms with van der Waals surface area (Å²) in [6.45, 7) is 2.73. The van der Waals surface area contributed by atoms with E-state index in [4.69, 9.17) is 21.1 Å². The van der Waals surface area contributed by atoms with Gasteiger partial charge in [0.25, 0.3) is 0 Å². The van der Waals surface area contributed by atoms with E-state index in [-0.39, 0.29) is 24.1 Å². The lowest BCUT2D eigenvalue weighted by molar-refractivity contribution is 0.300. The maximum atomic E-state index is 11.5. The first-order valence-corrected chi connectivity index (χ1v) is 13.8. The molecule has 0 spiro atoms. The molecule has 1 unspecified atom stereocenters. The third-order valence-electron chi connectivity index (χ3n) is 5.77. The number of nitrogens with zero attached hydrogens (tertiary/aromatic N) is 3. The Morgan fingerprint density at radius 1 is 1.20 bits per heavy atom. The van der Waals surface area contributed by atoms with Crippen molar-refractivity contribution in [1.82, 2.24) is 9.97 Å². The minimum atomic E-state index is -3.21. The maximum Gasteiger partial charge on any atom is 0.155 e. The van der Waals surface area contributed by atoms with Crippen LogP contribution in [-0.2, 0) is 28.6 Å². The van der Waals surface area contributed by atoms with E-state index < -0.39 is 9.84 Å². The van der Waals surface area contributed by atoms with Gasteiger partial charge in [0, 0.05) is 18.4 Å². The van der Waals surface area contributed by atoms with Gasteiger partial charge < -0.3 is 9.47 Å². The standard InChI is InChI=1S/C26H26ClN3O4S/c1-3-10-33-26-19(14-28)11-18(13-24(26)27)23-6-4-17-12-21(5-7-22(17)23)34-15-20-8-9-29-25(30-20)16-35(2,31)32/h5,7-9,11-13,23H,3-4,6,10,15-16H2,1-2H3. The van der Waals surface area contributed by atoms with E-state index in [9.17, 15) is 13.7 Å². The first kappa shape index (κ1) is 25.0. The van der Waals surface area contributed by atoms with Gasteiger partial charge in [-0.3, -0.25) is 0 Å². The predicted octanol–water partition coefficient (Wildman–Crippen LogP) is 4.99. The van der Waals surface area contributed by atoms with Crippen molar-refractivity contribution in [2.75, 3.05) is 12.9 Å². The van der Waals surface area contributed by atoms with Gasteiger partial charge in [-0.05, 0) is 66.3 Å². The summed E-state index contributed by atoms with van der Waals surface area (Å²) >= 11 is 6.49. The molecule has 0 radical (unpaired) electrons. The lowest BCUT2D eigenvalue weighted by Gasteiger charge is -2.16. The molecule has 7 nitrogen and oxygen atoms in total. The molecule has 2 aromatic carbocycles. The van der Waals surface area contributed by atoms with Crippen LogP contribution in [0.1, 0.15) is 59.5 Å². The van der Waals surface area contributed by atoms with Crippen molar-refractivity contribution in [1.29, 1.82) is 5.26 Å². The molecule has 0 bridgehead atoms. The molecular formula is C26H26ClN3O4S. The molecule has 3 aromatic rings. The number of halogens is 1. The second-order valence-electron chi connectivity index (χ2n) is 8.61. The van der Waals surface area contributed by atoms with Crippen molar-refractivity contribution in [2.45, 2.75) is 44.5 Å². The highest BCUT2D eigenvalue weighted by Gasteiger charge is 2.26. The highest BCUT2D eigenvalue weighted by atomic mass is 35.5. The molecule has 1 aliphatic carbocycles. The Kier molecular flexibility index (Phi) is 7.58. The molecule has 0 saturated heterocycles. The molecule has 182 valence electrons. The summed E-state index contributed by atoms with van der Waals surface area (Å²) in [5.74, 6) is 1.36. The van der Waals surface area contributed by atoms with Crippen molar-refractivity contribution >= 4 is 21.4 Å². The van der Waals surface area contributed by atoms with E-state index in [1.807, 2.05) is 31.2 Å². The lowest BCUT2D eigenvalue weighted by atomic mass is 9.91. The van der Waals surface area contributed by atoms with Crippen LogP contribution >= 0.6 is 11.6 Å². The minimum Gasteiger partial charge on any atom is -0.491 e. The summed E-state index contributed by atoms with van der Waals surface area (Å²) in [4.78, 5) is 8.30. The summed E-state index contributed by atoms with van der Waals surface area (Å²) in [7, 11) is -3.21. The number of fused-ring (bicyclic) bond motifs is 1. The normalized spacial score (nSPS) is 14.9. The van der Waals surface area contributed by atoms with Gasteiger partial charge in [0.05, 0.1) is 22.9 Å². The van der Waals surface area contributed by atoms with Gasteiger partial charge in [0.2, 0.25) is 0 Å². The number of ether oxygens (including phenoxy) is 2. The Morgan fingerprint density at radius 2 is 2.03 bits per heavy atom. The lowest BCUT2D eigenvalue weighted by Crippen LogP contribution is -2.08. The van der Waals surface area contributed by atoms with Crippen LogP contribution in [0.4, 0.5) is 0 Å². The highest BCUT2D eigenvalue weighted by molar-refractivity contribution is 7.89. The van der Waals surface area contributed by atoms with Crippen LogP contribution in [0.5, 0.6) is 11.5 Å². The van der Waals surface area contributed by atoms with Crippen LogP contribution in [0.2, 0.25) is 5.02 Å². The van der Waals surface area contributed by atoms with Gasteiger partial charge in [-0.1, -0.05) is 24.6 Å². The van der Waals surface area contributed by atoms with E-state index in [2.05, 4.69) is 22.1 Å². The topological polar surface area (TPSA) is 102 Å². The molecule has 0 N–H and O–H groups in total. The monoisotopic (exact) mass is 511 g/mol. The van der Waals surface area contributed by atoms with E-state index >= 15 is 0 Å². The summed E-state index contributed by atoms with van der Waals surface area (Å²) in [6.07, 6.45) is 5.33. The zero-order valence-electron chi connectivity index (χ0n) is 19.6. The second-order valence-corrected chi connectivity index (χ2v) is 11.2. The second kappa shape index (κ2) is 10.6. The molecule has 1 heterocycles. The van der Waals surface area contributed by atoms with Crippen LogP contribution < -0.4 is 9.47 Å². The molecule has 1 aliphatic rings. The number of aryl methyl sites for hydroxylation is 1. The van der Waals surface area contributed by atoms with Crippen molar-refractivity contribution in [3.63, 3.8) is 0 Å². The van der Waals surface area contributed by atoms with Crippen LogP contribution in [0.3, 0.4) is 0 Å². The van der Waals surface area contributed by atoms with Crippen LogP contribution in [0, 0.1) is 11.3 Å². The average molecular weight is 512 g/mol. The highest BCUT2D eigenvalue weighted by Crippen LogP contribution is 2.42. The molecule has 0 saturated carbocycles. The largest absolute Gasteiger partial charge is 0.491 e. The molecule has 9 heteroatoms. The molecule has 1 aromatic heterocycles. The number of hydrogen-bond donors (Lipinski definition) is 0. The Hall–Kier alpha value is -3.15. The van der Waals surface area contributed by atoms with Crippen molar-refractivity contribution in [2.24, 2.45) is 0 Å². The van der Waals surface area contributed by atoms with E-state index in [1.165, 1.54) is 11.1 Å². The number of hydrogen-bond acceptors (Lipinski definition) is 7. The van der Waals surface area contributed by atoms with Gasteiger partial charge in [0.15, 0.2) is 15.6 Å². The summed E-state index contributed by atoms with van der Waals surface area (Å²) in [5.41, 5.74) is 4.45. The zero-order chi connectivity index (χ0) is 25.0. The van der Waals surface area contributed by atoms with Gasteiger partial charge in [-0.15, -0.1) is 0 Å². The number of nitriles is 1. The van der Waals surface area contributed by atoms with Crippen LogP contribution in [-0.4, -0.2) is 31.2 Å². The van der Waals surface area contributed by atoms with Gasteiger partial charge in [0.1, 0.15) is 30.0 Å². The number of benzene rings is 2. The van der Waals surface area contributed by atoms with Gasteiger partial charge in [-0.25, -0.2) is 18.4 Å². The first-order chi connectivity index (χ1) is 16.8. The minimum absolute atomic E-state index is 0.143. The molecule has 1 atom stereocenters. The molecule has 0 aliphatic heterocycles. The van der Waals surface area contributed by atoms with Gasteiger partial charge >= 0.3 is 0 Å². The third kappa shape index (κ3) is 6.11. The summed E-state index contributed by atoms with van der Waals surface area (Å²) in [5, 5.41) is 10.1. The molecule has 0 amide bonds. The summed E-state index contributed by atoms with van der Waals surface area (Å²) < 4.78 is 34.6. The van der Waals surface area contributed by atoms with Gasteiger partial charge in [-0.2, -0.15) is 5.26 Å². The van der Waals surface area contributed by atoms with Crippen LogP contribution in [0.15, 0.2) is 42.6 Å². The fourth-order valence-corrected chi connectivity index (χ4v) is 5.15. The van der Waals surface area contributed by atoms with Crippen molar-refractivity contribution < 1.29 is 17.9 Å². The van der Waals surface area contributed by atoms with E-state index in [1.54, 1.807) is 12.3 Å². The van der Waals surface area contributed by atoms with Crippen molar-refractivity contribution in [3.8, 4) is 17.6 Å².